The molecule has 7 heteroatoms. The standard InChI is InChI=1S/C20H25N3O3S/c1-12-7-4-5-8-15(12)22-17(25)11-27-20-18(14(3)24)13(2)21-19(23-20)16-9-6-10-26-16/h6,9-10,12,15H,4-5,7-8,11H2,1-3H3,(H,22,25)/t12-,15-/m0/s1. The van der Waals surface area contributed by atoms with E-state index in [0.29, 0.717) is 33.8 Å². The van der Waals surface area contributed by atoms with Crippen molar-refractivity contribution in [3.05, 3.63) is 29.7 Å². The first-order chi connectivity index (χ1) is 13.0. The number of aromatic nitrogens is 2. The third-order valence-electron chi connectivity index (χ3n) is 4.95. The minimum Gasteiger partial charge on any atom is -0.461 e. The zero-order valence-electron chi connectivity index (χ0n) is 15.9. The fourth-order valence-electron chi connectivity index (χ4n) is 3.49. The first kappa shape index (κ1) is 19.6. The molecule has 1 amide bonds. The number of nitrogens with one attached hydrogen (secondary N) is 1. The van der Waals surface area contributed by atoms with Crippen LogP contribution >= 0.6 is 11.8 Å². The van der Waals surface area contributed by atoms with E-state index in [4.69, 9.17) is 4.42 Å². The normalized spacial score (nSPS) is 19.7. The molecule has 0 spiro atoms. The maximum Gasteiger partial charge on any atom is 0.230 e. The third-order valence-corrected chi connectivity index (χ3v) is 5.92. The number of furan rings is 1. The number of amides is 1. The summed E-state index contributed by atoms with van der Waals surface area (Å²) in [6, 6.07) is 3.77. The van der Waals surface area contributed by atoms with Crippen molar-refractivity contribution in [1.82, 2.24) is 15.3 Å². The summed E-state index contributed by atoms with van der Waals surface area (Å²) in [6.07, 6.45) is 6.14. The maximum absolute atomic E-state index is 12.4. The van der Waals surface area contributed by atoms with Crippen LogP contribution in [0.3, 0.4) is 0 Å². The second-order valence-electron chi connectivity index (χ2n) is 7.07. The summed E-state index contributed by atoms with van der Waals surface area (Å²) in [5.41, 5.74) is 1.06. The van der Waals surface area contributed by atoms with Crippen molar-refractivity contribution in [2.24, 2.45) is 5.92 Å². The number of hydrogen-bond acceptors (Lipinski definition) is 6. The molecule has 1 aliphatic carbocycles. The number of aryl methyl sites for hydroxylation is 1. The van der Waals surface area contributed by atoms with E-state index in [9.17, 15) is 9.59 Å². The van der Waals surface area contributed by atoms with Crippen LogP contribution in [0.4, 0.5) is 0 Å². The minimum absolute atomic E-state index is 0.0240. The van der Waals surface area contributed by atoms with Crippen molar-refractivity contribution >= 4 is 23.5 Å². The van der Waals surface area contributed by atoms with Crippen LogP contribution in [0.2, 0.25) is 0 Å². The Morgan fingerprint density at radius 2 is 2.07 bits per heavy atom. The van der Waals surface area contributed by atoms with Crippen molar-refractivity contribution < 1.29 is 14.0 Å². The topological polar surface area (TPSA) is 85.1 Å². The van der Waals surface area contributed by atoms with E-state index >= 15 is 0 Å². The van der Waals surface area contributed by atoms with E-state index in [2.05, 4.69) is 22.2 Å². The van der Waals surface area contributed by atoms with Crippen molar-refractivity contribution in [1.29, 1.82) is 0 Å². The summed E-state index contributed by atoms with van der Waals surface area (Å²) >= 11 is 1.27. The van der Waals surface area contributed by atoms with Gasteiger partial charge in [0, 0.05) is 6.04 Å². The number of ketones is 1. The lowest BCUT2D eigenvalue weighted by molar-refractivity contribution is -0.119. The Balaban J connectivity index is 1.74. The molecule has 2 aromatic rings. The minimum atomic E-state index is -0.109. The lowest BCUT2D eigenvalue weighted by Gasteiger charge is -2.29. The van der Waals surface area contributed by atoms with Gasteiger partial charge in [-0.15, -0.1) is 0 Å². The Morgan fingerprint density at radius 1 is 1.30 bits per heavy atom. The van der Waals surface area contributed by atoms with Crippen LogP contribution in [0.15, 0.2) is 27.8 Å². The van der Waals surface area contributed by atoms with Crippen LogP contribution in [-0.2, 0) is 4.79 Å². The summed E-state index contributed by atoms with van der Waals surface area (Å²) in [7, 11) is 0. The van der Waals surface area contributed by atoms with Crippen LogP contribution in [0.25, 0.3) is 11.6 Å². The van der Waals surface area contributed by atoms with Crippen LogP contribution in [-0.4, -0.2) is 33.5 Å². The molecule has 1 aliphatic rings. The highest BCUT2D eigenvalue weighted by atomic mass is 32.2. The van der Waals surface area contributed by atoms with Gasteiger partial charge in [-0.1, -0.05) is 31.5 Å². The molecule has 0 bridgehead atoms. The monoisotopic (exact) mass is 387 g/mol. The molecule has 3 rings (SSSR count). The lowest BCUT2D eigenvalue weighted by Crippen LogP contribution is -2.41. The number of nitrogens with zero attached hydrogens (tertiary/aromatic N) is 2. The molecule has 0 saturated heterocycles. The van der Waals surface area contributed by atoms with Gasteiger partial charge in [0.1, 0.15) is 5.03 Å². The summed E-state index contributed by atoms with van der Waals surface area (Å²) in [6.45, 7) is 5.46. The van der Waals surface area contributed by atoms with Gasteiger partial charge in [0.15, 0.2) is 17.4 Å². The summed E-state index contributed by atoms with van der Waals surface area (Å²) in [5, 5.41) is 3.66. The van der Waals surface area contributed by atoms with E-state index in [-0.39, 0.29) is 23.5 Å². The number of hydrogen-bond donors (Lipinski definition) is 1. The zero-order chi connectivity index (χ0) is 19.4. The quantitative estimate of drug-likeness (QED) is 0.457. The molecule has 144 valence electrons. The maximum atomic E-state index is 12.4. The molecule has 1 saturated carbocycles. The highest BCUT2D eigenvalue weighted by Gasteiger charge is 2.24. The van der Waals surface area contributed by atoms with E-state index in [1.54, 1.807) is 25.3 Å². The first-order valence-electron chi connectivity index (χ1n) is 9.31. The zero-order valence-corrected chi connectivity index (χ0v) is 16.8. The average Bonchev–Trinajstić information content (AvgIpc) is 3.16. The predicted octanol–water partition coefficient (Wildman–Crippen LogP) is 4.03. The third kappa shape index (κ3) is 4.77. The van der Waals surface area contributed by atoms with Crippen molar-refractivity contribution in [2.75, 3.05) is 5.75 Å². The predicted molar refractivity (Wildman–Crippen MR) is 105 cm³/mol. The van der Waals surface area contributed by atoms with E-state index in [0.717, 1.165) is 19.3 Å². The molecule has 6 nitrogen and oxygen atoms in total. The Bertz CT molecular complexity index is 820. The fraction of sp³-hybridized carbons (Fsp3) is 0.500. The average molecular weight is 388 g/mol. The molecule has 2 atom stereocenters. The molecule has 2 aromatic heterocycles. The highest BCUT2D eigenvalue weighted by molar-refractivity contribution is 8.00. The second-order valence-corrected chi connectivity index (χ2v) is 8.03. The molecule has 0 aliphatic heterocycles. The van der Waals surface area contributed by atoms with Crippen LogP contribution in [0, 0.1) is 12.8 Å². The van der Waals surface area contributed by atoms with Gasteiger partial charge in [-0.25, -0.2) is 9.97 Å². The summed E-state index contributed by atoms with van der Waals surface area (Å²) in [4.78, 5) is 33.4. The molecule has 27 heavy (non-hydrogen) atoms. The smallest absolute Gasteiger partial charge is 0.230 e. The highest BCUT2D eigenvalue weighted by Crippen LogP contribution is 2.28. The lowest BCUT2D eigenvalue weighted by atomic mass is 9.86. The van der Waals surface area contributed by atoms with Crippen molar-refractivity contribution in [3.63, 3.8) is 0 Å². The molecule has 0 unspecified atom stereocenters. The van der Waals surface area contributed by atoms with Gasteiger partial charge in [0.25, 0.3) is 0 Å². The van der Waals surface area contributed by atoms with Gasteiger partial charge in [-0.05, 0) is 44.7 Å². The van der Waals surface area contributed by atoms with E-state index < -0.39 is 0 Å². The number of thioether (sulfide) groups is 1. The fourth-order valence-corrected chi connectivity index (χ4v) is 4.42. The number of carbonyl (C=O) groups is 2. The van der Waals surface area contributed by atoms with Crippen molar-refractivity contribution in [3.8, 4) is 11.6 Å². The van der Waals surface area contributed by atoms with Gasteiger partial charge in [-0.2, -0.15) is 0 Å². The molecule has 2 heterocycles. The molecule has 1 fully saturated rings. The number of Topliss-reactive ketones (excluding diaryl/α,β-unsaturated/α-hetero) is 1. The van der Waals surface area contributed by atoms with E-state index in [1.807, 2.05) is 0 Å². The van der Waals surface area contributed by atoms with Crippen LogP contribution < -0.4 is 5.32 Å². The molecule has 0 radical (unpaired) electrons. The largest absolute Gasteiger partial charge is 0.461 e. The summed E-state index contributed by atoms with van der Waals surface area (Å²) in [5.74, 6) is 1.55. The molecule has 1 N–H and O–H groups in total. The Hall–Kier alpha value is -2.15. The van der Waals surface area contributed by atoms with Gasteiger partial charge in [0.05, 0.1) is 23.3 Å². The van der Waals surface area contributed by atoms with Crippen LogP contribution in [0.1, 0.15) is 55.6 Å². The summed E-state index contributed by atoms with van der Waals surface area (Å²) < 4.78 is 5.37. The SMILES string of the molecule is CC(=O)c1c(C)nc(-c2ccco2)nc1SCC(=O)N[C@H]1CCCC[C@@H]1C. The van der Waals surface area contributed by atoms with Gasteiger partial charge in [-0.3, -0.25) is 9.59 Å². The van der Waals surface area contributed by atoms with Gasteiger partial charge in [0.2, 0.25) is 5.91 Å². The first-order valence-corrected chi connectivity index (χ1v) is 10.3. The Morgan fingerprint density at radius 3 is 2.74 bits per heavy atom. The number of rotatable bonds is 6. The Kier molecular flexibility index (Phi) is 6.31. The second kappa shape index (κ2) is 8.69. The molecular weight excluding hydrogens is 362 g/mol. The Labute approximate surface area is 163 Å². The van der Waals surface area contributed by atoms with Gasteiger partial charge >= 0.3 is 0 Å². The molecule has 0 aromatic carbocycles. The van der Waals surface area contributed by atoms with Crippen LogP contribution in [0.5, 0.6) is 0 Å². The van der Waals surface area contributed by atoms with Crippen molar-refractivity contribution in [2.45, 2.75) is 57.5 Å². The number of carbonyl (C=O) groups excluding carboxylic acids is 2. The van der Waals surface area contributed by atoms with Gasteiger partial charge < -0.3 is 9.73 Å². The van der Waals surface area contributed by atoms with E-state index in [1.165, 1.54) is 25.1 Å². The molecular formula is C20H25N3O3S.